The molecule has 0 spiro atoms. The molecule has 1 amide bonds. The van der Waals surface area contributed by atoms with Crippen molar-refractivity contribution in [1.29, 1.82) is 0 Å². The topological polar surface area (TPSA) is 58.4 Å². The van der Waals surface area contributed by atoms with Crippen molar-refractivity contribution in [2.24, 2.45) is 11.7 Å². The van der Waals surface area contributed by atoms with Gasteiger partial charge in [-0.05, 0) is 45.3 Å². The zero-order chi connectivity index (χ0) is 14.8. The number of carbonyl (C=O) groups excluding carboxylic acids is 1. The van der Waals surface area contributed by atoms with Crippen LogP contribution in [-0.4, -0.2) is 42.5 Å². The maximum atomic E-state index is 11.9. The van der Waals surface area contributed by atoms with Gasteiger partial charge in [-0.15, -0.1) is 0 Å². The third-order valence-electron chi connectivity index (χ3n) is 3.95. The molecule has 0 aromatic heterocycles. The molecule has 0 aliphatic rings. The molecule has 0 bridgehead atoms. The Labute approximate surface area is 119 Å². The van der Waals surface area contributed by atoms with Crippen LogP contribution in [0.4, 0.5) is 0 Å². The number of hydrogen-bond donors (Lipinski definition) is 2. The van der Waals surface area contributed by atoms with E-state index in [1.807, 2.05) is 6.92 Å². The van der Waals surface area contributed by atoms with Gasteiger partial charge in [0.05, 0.1) is 6.04 Å². The number of hydrogen-bond acceptors (Lipinski definition) is 3. The normalized spacial score (nSPS) is 16.2. The van der Waals surface area contributed by atoms with Crippen molar-refractivity contribution in [3.8, 4) is 0 Å². The second kappa shape index (κ2) is 10.2. The van der Waals surface area contributed by atoms with E-state index in [4.69, 9.17) is 5.73 Å². The molecule has 0 rings (SSSR count). The fourth-order valence-electron chi connectivity index (χ4n) is 2.08. The summed E-state index contributed by atoms with van der Waals surface area (Å²) in [5.41, 5.74) is 5.92. The van der Waals surface area contributed by atoms with Crippen LogP contribution in [0.1, 0.15) is 53.9 Å². The van der Waals surface area contributed by atoms with Gasteiger partial charge in [0.2, 0.25) is 5.91 Å². The van der Waals surface area contributed by atoms with Crippen molar-refractivity contribution in [3.63, 3.8) is 0 Å². The lowest BCUT2D eigenvalue weighted by molar-refractivity contribution is -0.124. The highest BCUT2D eigenvalue weighted by molar-refractivity contribution is 5.82. The zero-order valence-corrected chi connectivity index (χ0v) is 13.4. The van der Waals surface area contributed by atoms with E-state index in [1.54, 1.807) is 0 Å². The summed E-state index contributed by atoms with van der Waals surface area (Å²) in [6.07, 6.45) is 3.06. The van der Waals surface area contributed by atoms with Gasteiger partial charge in [-0.2, -0.15) is 0 Å². The Morgan fingerprint density at radius 1 is 1.21 bits per heavy atom. The van der Waals surface area contributed by atoms with Gasteiger partial charge < -0.3 is 16.0 Å². The van der Waals surface area contributed by atoms with Crippen molar-refractivity contribution in [2.45, 2.75) is 66.0 Å². The number of amides is 1. The molecule has 4 heteroatoms. The lowest BCUT2D eigenvalue weighted by Gasteiger charge is -2.22. The largest absolute Gasteiger partial charge is 0.352 e. The quantitative estimate of drug-likeness (QED) is 0.639. The van der Waals surface area contributed by atoms with E-state index in [0.29, 0.717) is 0 Å². The molecule has 3 N–H and O–H groups in total. The molecule has 0 fully saturated rings. The van der Waals surface area contributed by atoms with Crippen molar-refractivity contribution >= 4 is 5.91 Å². The van der Waals surface area contributed by atoms with E-state index in [9.17, 15) is 4.79 Å². The number of rotatable bonds is 10. The lowest BCUT2D eigenvalue weighted by atomic mass is 9.99. The number of nitrogens with two attached hydrogens (primary N) is 1. The summed E-state index contributed by atoms with van der Waals surface area (Å²) in [7, 11) is 0. The minimum Gasteiger partial charge on any atom is -0.352 e. The molecule has 0 heterocycles. The molecule has 0 saturated carbocycles. The molecule has 0 radical (unpaired) electrons. The highest BCUT2D eigenvalue weighted by atomic mass is 16.2. The predicted molar refractivity (Wildman–Crippen MR) is 82.1 cm³/mol. The summed E-state index contributed by atoms with van der Waals surface area (Å²) < 4.78 is 0. The fraction of sp³-hybridized carbons (Fsp3) is 0.933. The van der Waals surface area contributed by atoms with Gasteiger partial charge in [-0.1, -0.05) is 34.1 Å². The smallest absolute Gasteiger partial charge is 0.237 e. The first kappa shape index (κ1) is 18.4. The first-order valence-corrected chi connectivity index (χ1v) is 7.74. The maximum absolute atomic E-state index is 11.9. The molecule has 1 unspecified atom stereocenters. The Bertz CT molecular complexity index is 242. The molecule has 0 aliphatic carbocycles. The Balaban J connectivity index is 3.91. The van der Waals surface area contributed by atoms with Crippen molar-refractivity contribution in [1.82, 2.24) is 10.2 Å². The van der Waals surface area contributed by atoms with Crippen molar-refractivity contribution in [2.75, 3.05) is 19.6 Å². The van der Waals surface area contributed by atoms with Gasteiger partial charge in [-0.3, -0.25) is 4.79 Å². The molecule has 0 aliphatic heterocycles. The van der Waals surface area contributed by atoms with Crippen LogP contribution in [0.3, 0.4) is 0 Å². The Hall–Kier alpha value is -0.610. The van der Waals surface area contributed by atoms with Crippen LogP contribution >= 0.6 is 0 Å². The molecule has 0 aromatic carbocycles. The highest BCUT2D eigenvalue weighted by Gasteiger charge is 2.20. The average Bonchev–Trinajstić information content (AvgIpc) is 2.41. The van der Waals surface area contributed by atoms with Gasteiger partial charge >= 0.3 is 0 Å². The number of nitrogens with zero attached hydrogens (tertiary/aromatic N) is 1. The second-order valence-electron chi connectivity index (χ2n) is 5.49. The van der Waals surface area contributed by atoms with E-state index < -0.39 is 0 Å². The van der Waals surface area contributed by atoms with Crippen molar-refractivity contribution < 1.29 is 4.79 Å². The Kier molecular flexibility index (Phi) is 9.88. The molecule has 19 heavy (non-hydrogen) atoms. The Morgan fingerprint density at radius 3 is 2.26 bits per heavy atom. The van der Waals surface area contributed by atoms with Gasteiger partial charge in [-0.25, -0.2) is 0 Å². The molecule has 114 valence electrons. The summed E-state index contributed by atoms with van der Waals surface area (Å²) in [6.45, 7) is 13.8. The molecular weight excluding hydrogens is 238 g/mol. The van der Waals surface area contributed by atoms with E-state index in [1.165, 1.54) is 0 Å². The third kappa shape index (κ3) is 7.53. The van der Waals surface area contributed by atoms with Gasteiger partial charge in [0.15, 0.2) is 0 Å². The Morgan fingerprint density at radius 2 is 1.79 bits per heavy atom. The number of carbonyl (C=O) groups is 1. The number of nitrogens with one attached hydrogen (secondary N) is 1. The summed E-state index contributed by atoms with van der Waals surface area (Å²) >= 11 is 0. The van der Waals surface area contributed by atoms with E-state index in [-0.39, 0.29) is 23.9 Å². The summed E-state index contributed by atoms with van der Waals surface area (Å²) in [5.74, 6) is 0.229. The fourth-order valence-corrected chi connectivity index (χ4v) is 2.08. The monoisotopic (exact) mass is 271 g/mol. The van der Waals surface area contributed by atoms with E-state index in [0.717, 1.165) is 38.9 Å². The van der Waals surface area contributed by atoms with Crippen LogP contribution < -0.4 is 11.1 Å². The van der Waals surface area contributed by atoms with Crippen LogP contribution in [0.5, 0.6) is 0 Å². The standard InChI is InChI=1S/C15H33N3O/c1-6-12(4)14(16)15(19)17-13(5)10-9-11-18(7-2)8-3/h12-14H,6-11,16H2,1-5H3,(H,17,19)/t12-,13?,14-/m0/s1. The molecule has 0 saturated heterocycles. The van der Waals surface area contributed by atoms with Crippen LogP contribution in [0, 0.1) is 5.92 Å². The predicted octanol–water partition coefficient (Wildman–Crippen LogP) is 1.99. The van der Waals surface area contributed by atoms with Crippen molar-refractivity contribution in [3.05, 3.63) is 0 Å². The van der Waals surface area contributed by atoms with Gasteiger partial charge in [0.1, 0.15) is 0 Å². The summed E-state index contributed by atoms with van der Waals surface area (Å²) in [4.78, 5) is 14.3. The molecule has 3 atom stereocenters. The van der Waals surface area contributed by atoms with Crippen LogP contribution in [0.25, 0.3) is 0 Å². The summed E-state index contributed by atoms with van der Waals surface area (Å²) in [5, 5.41) is 3.02. The molecule has 4 nitrogen and oxygen atoms in total. The van der Waals surface area contributed by atoms with E-state index >= 15 is 0 Å². The minimum absolute atomic E-state index is 0.00955. The average molecular weight is 271 g/mol. The zero-order valence-electron chi connectivity index (χ0n) is 13.4. The lowest BCUT2D eigenvalue weighted by Crippen LogP contribution is -2.47. The maximum Gasteiger partial charge on any atom is 0.237 e. The van der Waals surface area contributed by atoms with Gasteiger partial charge in [0.25, 0.3) is 0 Å². The first-order chi connectivity index (χ1) is 8.96. The second-order valence-corrected chi connectivity index (χ2v) is 5.49. The highest BCUT2D eigenvalue weighted by Crippen LogP contribution is 2.06. The van der Waals surface area contributed by atoms with E-state index in [2.05, 4.69) is 37.9 Å². The molecule has 0 aromatic rings. The van der Waals surface area contributed by atoms with Crippen LogP contribution in [0.15, 0.2) is 0 Å². The minimum atomic E-state index is -0.379. The summed E-state index contributed by atoms with van der Waals surface area (Å²) in [6, 6.07) is -0.173. The SMILES string of the molecule is CC[C@H](C)[C@H](N)C(=O)NC(C)CCCN(CC)CC. The first-order valence-electron chi connectivity index (χ1n) is 7.74. The third-order valence-corrected chi connectivity index (χ3v) is 3.95. The van der Waals surface area contributed by atoms with Crippen LogP contribution in [-0.2, 0) is 4.79 Å². The van der Waals surface area contributed by atoms with Gasteiger partial charge in [0, 0.05) is 6.04 Å². The van der Waals surface area contributed by atoms with Crippen LogP contribution in [0.2, 0.25) is 0 Å². The molecular formula is C15H33N3O.